The first-order valence-corrected chi connectivity index (χ1v) is 7.80. The summed E-state index contributed by atoms with van der Waals surface area (Å²) in [4.78, 5) is 0.0429. The molecule has 1 N–H and O–H groups in total. The van der Waals surface area contributed by atoms with Crippen molar-refractivity contribution in [1.82, 2.24) is 4.72 Å². The van der Waals surface area contributed by atoms with Gasteiger partial charge in [-0.05, 0) is 30.7 Å². The molecule has 0 heterocycles. The number of rotatable bonds is 5. The van der Waals surface area contributed by atoms with Crippen LogP contribution in [0.5, 0.6) is 5.75 Å². The smallest absolute Gasteiger partial charge is 0.244 e. The van der Waals surface area contributed by atoms with Gasteiger partial charge in [0.05, 0.1) is 7.11 Å². The monoisotopic (exact) mass is 309 g/mol. The maximum absolute atomic E-state index is 13.5. The highest BCUT2D eigenvalue weighted by molar-refractivity contribution is 7.89. The number of halogens is 1. The van der Waals surface area contributed by atoms with Gasteiger partial charge in [-0.1, -0.05) is 24.3 Å². The molecule has 0 saturated carbocycles. The van der Waals surface area contributed by atoms with Crippen LogP contribution >= 0.6 is 0 Å². The lowest BCUT2D eigenvalue weighted by Gasteiger charge is -2.11. The fourth-order valence-electron chi connectivity index (χ4n) is 1.89. The average molecular weight is 309 g/mol. The molecule has 0 aliphatic heterocycles. The number of hydrogen-bond acceptors (Lipinski definition) is 3. The van der Waals surface area contributed by atoms with E-state index in [-0.39, 0.29) is 22.8 Å². The van der Waals surface area contributed by atoms with Crippen LogP contribution in [0.15, 0.2) is 47.4 Å². The first kappa shape index (κ1) is 15.5. The van der Waals surface area contributed by atoms with Crippen molar-refractivity contribution in [3.05, 3.63) is 59.4 Å². The first-order chi connectivity index (χ1) is 9.94. The van der Waals surface area contributed by atoms with Crippen LogP contribution in [-0.2, 0) is 16.6 Å². The Balaban J connectivity index is 2.27. The number of benzene rings is 2. The molecule has 112 valence electrons. The second-order valence-corrected chi connectivity index (χ2v) is 6.31. The van der Waals surface area contributed by atoms with Gasteiger partial charge >= 0.3 is 0 Å². The molecule has 0 fully saturated rings. The molecular formula is C15H16FNO3S. The van der Waals surface area contributed by atoms with E-state index in [2.05, 4.69) is 4.72 Å². The average Bonchev–Trinajstić information content (AvgIpc) is 2.46. The molecule has 0 spiro atoms. The Morgan fingerprint density at radius 1 is 1.19 bits per heavy atom. The van der Waals surface area contributed by atoms with Crippen molar-refractivity contribution in [2.45, 2.75) is 18.4 Å². The van der Waals surface area contributed by atoms with Crippen molar-refractivity contribution in [1.29, 1.82) is 0 Å². The molecule has 2 aromatic carbocycles. The summed E-state index contributed by atoms with van der Waals surface area (Å²) in [5.41, 5.74) is 1.08. The third-order valence-corrected chi connectivity index (χ3v) is 4.44. The van der Waals surface area contributed by atoms with E-state index >= 15 is 0 Å². The van der Waals surface area contributed by atoms with Gasteiger partial charge < -0.3 is 4.74 Å². The van der Waals surface area contributed by atoms with E-state index in [0.29, 0.717) is 0 Å². The predicted molar refractivity (Wildman–Crippen MR) is 78.2 cm³/mol. The summed E-state index contributed by atoms with van der Waals surface area (Å²) in [5, 5.41) is 0. The molecule has 0 aliphatic rings. The number of nitrogens with one attached hydrogen (secondary N) is 1. The highest BCUT2D eigenvalue weighted by atomic mass is 32.2. The minimum absolute atomic E-state index is 0.0429. The van der Waals surface area contributed by atoms with Crippen molar-refractivity contribution in [2.75, 3.05) is 7.11 Å². The van der Waals surface area contributed by atoms with Gasteiger partial charge in [-0.3, -0.25) is 0 Å². The first-order valence-electron chi connectivity index (χ1n) is 6.32. The summed E-state index contributed by atoms with van der Waals surface area (Å²) >= 11 is 0. The molecule has 0 aliphatic carbocycles. The molecule has 0 radical (unpaired) electrons. The number of hydrogen-bond donors (Lipinski definition) is 1. The van der Waals surface area contributed by atoms with Gasteiger partial charge in [-0.2, -0.15) is 0 Å². The zero-order chi connectivity index (χ0) is 15.5. The Bertz CT molecular complexity index is 744. The van der Waals surface area contributed by atoms with Crippen molar-refractivity contribution in [2.24, 2.45) is 0 Å². The van der Waals surface area contributed by atoms with Gasteiger partial charge in [0.1, 0.15) is 16.5 Å². The largest absolute Gasteiger partial charge is 0.495 e. The minimum atomic E-state index is -3.78. The Morgan fingerprint density at radius 2 is 1.90 bits per heavy atom. The van der Waals surface area contributed by atoms with Crippen LogP contribution in [0.2, 0.25) is 0 Å². The van der Waals surface area contributed by atoms with E-state index in [4.69, 9.17) is 4.74 Å². The lowest BCUT2D eigenvalue weighted by Crippen LogP contribution is -2.24. The Labute approximate surface area is 123 Å². The van der Waals surface area contributed by atoms with Crippen LogP contribution in [0.25, 0.3) is 0 Å². The second kappa shape index (κ2) is 6.24. The quantitative estimate of drug-likeness (QED) is 0.923. The highest BCUT2D eigenvalue weighted by Crippen LogP contribution is 2.24. The fraction of sp³-hybridized carbons (Fsp3) is 0.200. The zero-order valence-corrected chi connectivity index (χ0v) is 12.6. The minimum Gasteiger partial charge on any atom is -0.495 e. The van der Waals surface area contributed by atoms with Crippen molar-refractivity contribution in [3.8, 4) is 5.75 Å². The summed E-state index contributed by atoms with van der Waals surface area (Å²) < 4.78 is 45.6. The molecule has 0 saturated heterocycles. The van der Waals surface area contributed by atoms with Crippen LogP contribution < -0.4 is 9.46 Å². The van der Waals surface area contributed by atoms with Crippen LogP contribution in [0.4, 0.5) is 4.39 Å². The summed E-state index contributed by atoms with van der Waals surface area (Å²) in [5.74, 6) is -0.196. The molecular weight excluding hydrogens is 293 g/mol. The van der Waals surface area contributed by atoms with E-state index in [1.807, 2.05) is 0 Å². The van der Waals surface area contributed by atoms with E-state index in [9.17, 15) is 12.8 Å². The molecule has 0 amide bonds. The van der Waals surface area contributed by atoms with Gasteiger partial charge in [0.15, 0.2) is 0 Å². The Hall–Kier alpha value is -1.92. The third-order valence-electron chi connectivity index (χ3n) is 3.02. The van der Waals surface area contributed by atoms with Crippen LogP contribution in [0.1, 0.15) is 11.1 Å². The van der Waals surface area contributed by atoms with Gasteiger partial charge in [-0.25, -0.2) is 17.5 Å². The van der Waals surface area contributed by atoms with Crippen LogP contribution in [0.3, 0.4) is 0 Å². The third kappa shape index (κ3) is 3.59. The number of methoxy groups -OCH3 is 1. The zero-order valence-electron chi connectivity index (χ0n) is 11.8. The maximum Gasteiger partial charge on any atom is 0.244 e. The standard InChI is InChI=1S/C15H16FNO3S/c1-11-7-8-14(20-2)15(9-11)21(18,19)17-10-12-5-3-4-6-13(12)16/h3-9,17H,10H2,1-2H3. The van der Waals surface area contributed by atoms with Crippen molar-refractivity contribution in [3.63, 3.8) is 0 Å². The molecule has 4 nitrogen and oxygen atoms in total. The second-order valence-electron chi connectivity index (χ2n) is 4.57. The number of sulfonamides is 1. The van der Waals surface area contributed by atoms with Crippen molar-refractivity contribution < 1.29 is 17.5 Å². The molecule has 0 atom stereocenters. The molecule has 2 rings (SSSR count). The summed E-state index contributed by atoms with van der Waals surface area (Å²) in [6.07, 6.45) is 0. The van der Waals surface area contributed by atoms with Crippen LogP contribution in [-0.4, -0.2) is 15.5 Å². The van der Waals surface area contributed by atoms with E-state index < -0.39 is 15.8 Å². The summed E-state index contributed by atoms with van der Waals surface area (Å²) in [7, 11) is -2.38. The summed E-state index contributed by atoms with van der Waals surface area (Å²) in [6.45, 7) is 1.67. The predicted octanol–water partition coefficient (Wildman–Crippen LogP) is 2.62. The van der Waals surface area contributed by atoms with Crippen molar-refractivity contribution >= 4 is 10.0 Å². The summed E-state index contributed by atoms with van der Waals surface area (Å²) in [6, 6.07) is 10.9. The lowest BCUT2D eigenvalue weighted by atomic mass is 10.2. The van der Waals surface area contributed by atoms with Crippen LogP contribution in [0, 0.1) is 12.7 Å². The van der Waals surface area contributed by atoms with E-state index in [1.165, 1.54) is 25.3 Å². The number of aryl methyl sites for hydroxylation is 1. The lowest BCUT2D eigenvalue weighted by molar-refractivity contribution is 0.402. The van der Waals surface area contributed by atoms with Gasteiger partial charge in [-0.15, -0.1) is 0 Å². The molecule has 0 bridgehead atoms. The van der Waals surface area contributed by atoms with Gasteiger partial charge in [0.25, 0.3) is 0 Å². The van der Waals surface area contributed by atoms with E-state index in [0.717, 1.165) is 5.56 Å². The Morgan fingerprint density at radius 3 is 2.57 bits per heavy atom. The molecule has 21 heavy (non-hydrogen) atoms. The normalized spacial score (nSPS) is 11.4. The van der Waals surface area contributed by atoms with Gasteiger partial charge in [0.2, 0.25) is 10.0 Å². The highest BCUT2D eigenvalue weighted by Gasteiger charge is 2.19. The fourth-order valence-corrected chi connectivity index (χ4v) is 3.14. The molecule has 0 unspecified atom stereocenters. The molecule has 6 heteroatoms. The maximum atomic E-state index is 13.5. The molecule has 0 aromatic heterocycles. The Kier molecular flexibility index (Phi) is 4.59. The van der Waals surface area contributed by atoms with Gasteiger partial charge in [0, 0.05) is 12.1 Å². The number of ether oxygens (including phenoxy) is 1. The SMILES string of the molecule is COc1ccc(C)cc1S(=O)(=O)NCc1ccccc1F. The molecule has 2 aromatic rings. The topological polar surface area (TPSA) is 55.4 Å². The van der Waals surface area contributed by atoms with E-state index in [1.54, 1.807) is 31.2 Å².